The Balaban J connectivity index is 2.38. The Hall–Kier alpha value is -1.20. The lowest BCUT2D eigenvalue weighted by Crippen LogP contribution is -2.17. The highest BCUT2D eigenvalue weighted by molar-refractivity contribution is 6.30. The second-order valence-electron chi connectivity index (χ2n) is 3.94. The fourth-order valence-corrected chi connectivity index (χ4v) is 2.19. The third kappa shape index (κ3) is 3.22. The van der Waals surface area contributed by atoms with E-state index in [1.54, 1.807) is 24.3 Å². The van der Waals surface area contributed by atoms with Crippen molar-refractivity contribution in [2.24, 2.45) is 0 Å². The monoisotopic (exact) mass is 308 g/mol. The van der Waals surface area contributed by atoms with Gasteiger partial charge in [-0.05, 0) is 17.7 Å². The molecule has 0 fully saturated rings. The topological polar surface area (TPSA) is 17.8 Å². The van der Waals surface area contributed by atoms with Crippen LogP contribution in [0.1, 0.15) is 16.8 Å². The number of hydrogen-bond acceptors (Lipinski definition) is 1. The van der Waals surface area contributed by atoms with Gasteiger partial charge in [0.2, 0.25) is 0 Å². The largest absolute Gasteiger partial charge is 0.433 e. The summed E-state index contributed by atoms with van der Waals surface area (Å²) in [6, 6.07) is 6.62. The van der Waals surface area contributed by atoms with Gasteiger partial charge >= 0.3 is 6.18 Å². The number of aromatic nitrogens is 2. The zero-order valence-corrected chi connectivity index (χ0v) is 11.1. The quantitative estimate of drug-likeness (QED) is 0.771. The molecule has 7 heteroatoms. The molecule has 1 aromatic heterocycles. The molecule has 0 bridgehead atoms. The summed E-state index contributed by atoms with van der Waals surface area (Å²) in [5.74, 6) is -0.232. The van der Waals surface area contributed by atoms with Gasteiger partial charge in [0.15, 0.2) is 0 Å². The summed E-state index contributed by atoms with van der Waals surface area (Å²) in [7, 11) is 0. The average molecular weight is 309 g/mol. The van der Waals surface area contributed by atoms with E-state index in [0.29, 0.717) is 10.6 Å². The lowest BCUT2D eigenvalue weighted by molar-refractivity contribution is -0.144. The first-order valence-corrected chi connectivity index (χ1v) is 6.25. The molecule has 0 aliphatic rings. The van der Waals surface area contributed by atoms with Crippen LogP contribution in [0.4, 0.5) is 13.2 Å². The van der Waals surface area contributed by atoms with E-state index in [4.69, 9.17) is 23.2 Å². The number of alkyl halides is 4. The molecule has 2 nitrogen and oxygen atoms in total. The Bertz CT molecular complexity index is 579. The Morgan fingerprint density at radius 2 is 2.00 bits per heavy atom. The summed E-state index contributed by atoms with van der Waals surface area (Å²) < 4.78 is 39.8. The van der Waals surface area contributed by atoms with Crippen molar-refractivity contribution in [3.05, 3.63) is 52.3 Å². The standard InChI is InChI=1S/C12H9Cl2F3N2/c13-5-9-6-18-19(11(9)12(15,16)17)7-8-2-1-3-10(14)4-8/h1-4,6H,5,7H2. The lowest BCUT2D eigenvalue weighted by atomic mass is 10.2. The maximum absolute atomic E-state index is 13.0. The molecule has 0 N–H and O–H groups in total. The van der Waals surface area contributed by atoms with E-state index in [1.165, 1.54) is 0 Å². The van der Waals surface area contributed by atoms with Crippen molar-refractivity contribution in [2.45, 2.75) is 18.6 Å². The van der Waals surface area contributed by atoms with E-state index in [-0.39, 0.29) is 18.0 Å². The van der Waals surface area contributed by atoms with Gasteiger partial charge in [-0.1, -0.05) is 23.7 Å². The number of nitrogens with zero attached hydrogens (tertiary/aromatic N) is 2. The van der Waals surface area contributed by atoms with Gasteiger partial charge in [0.1, 0.15) is 5.69 Å². The van der Waals surface area contributed by atoms with Crippen LogP contribution in [0.15, 0.2) is 30.5 Å². The van der Waals surface area contributed by atoms with E-state index < -0.39 is 11.9 Å². The molecule has 2 aromatic rings. The highest BCUT2D eigenvalue weighted by atomic mass is 35.5. The van der Waals surface area contributed by atoms with Gasteiger partial charge in [-0.25, -0.2) is 0 Å². The molecule has 0 amide bonds. The van der Waals surface area contributed by atoms with Crippen molar-refractivity contribution >= 4 is 23.2 Å². The van der Waals surface area contributed by atoms with Crippen LogP contribution >= 0.6 is 23.2 Å². The van der Waals surface area contributed by atoms with Crippen molar-refractivity contribution in [1.82, 2.24) is 9.78 Å². The molecule has 1 heterocycles. The summed E-state index contributed by atoms with van der Waals surface area (Å²) >= 11 is 11.3. The van der Waals surface area contributed by atoms with E-state index in [0.717, 1.165) is 10.9 Å². The molecule has 0 spiro atoms. The third-order valence-corrected chi connectivity index (χ3v) is 3.07. The maximum Gasteiger partial charge on any atom is 0.433 e. The molecular weight excluding hydrogens is 300 g/mol. The Kier molecular flexibility index (Phi) is 4.06. The van der Waals surface area contributed by atoms with E-state index in [2.05, 4.69) is 5.10 Å². The molecule has 0 saturated heterocycles. The first kappa shape index (κ1) is 14.2. The van der Waals surface area contributed by atoms with Gasteiger partial charge in [-0.15, -0.1) is 11.6 Å². The van der Waals surface area contributed by atoms with E-state index in [9.17, 15) is 13.2 Å². The van der Waals surface area contributed by atoms with Gasteiger partial charge in [0, 0.05) is 10.6 Å². The van der Waals surface area contributed by atoms with Gasteiger partial charge in [-0.2, -0.15) is 18.3 Å². The van der Waals surface area contributed by atoms with Crippen LogP contribution < -0.4 is 0 Å². The number of rotatable bonds is 3. The molecule has 2 rings (SSSR count). The van der Waals surface area contributed by atoms with Gasteiger partial charge in [0.25, 0.3) is 0 Å². The van der Waals surface area contributed by atoms with Crippen molar-refractivity contribution in [3.63, 3.8) is 0 Å². The lowest BCUT2D eigenvalue weighted by Gasteiger charge is -2.12. The van der Waals surface area contributed by atoms with Crippen molar-refractivity contribution in [3.8, 4) is 0 Å². The average Bonchev–Trinajstić information content (AvgIpc) is 2.71. The van der Waals surface area contributed by atoms with E-state index >= 15 is 0 Å². The minimum Gasteiger partial charge on any atom is -0.256 e. The molecule has 1 aromatic carbocycles. The van der Waals surface area contributed by atoms with Crippen LogP contribution in [-0.2, 0) is 18.6 Å². The van der Waals surface area contributed by atoms with Crippen LogP contribution in [0.3, 0.4) is 0 Å². The number of benzene rings is 1. The van der Waals surface area contributed by atoms with Crippen LogP contribution in [0.2, 0.25) is 5.02 Å². The second kappa shape index (κ2) is 5.43. The molecule has 19 heavy (non-hydrogen) atoms. The molecular formula is C12H9Cl2F3N2. The van der Waals surface area contributed by atoms with Crippen molar-refractivity contribution < 1.29 is 13.2 Å². The third-order valence-electron chi connectivity index (χ3n) is 2.55. The second-order valence-corrected chi connectivity index (χ2v) is 4.64. The van der Waals surface area contributed by atoms with Gasteiger partial charge in [0.05, 0.1) is 18.6 Å². The zero-order valence-electron chi connectivity index (χ0n) is 9.59. The first-order valence-electron chi connectivity index (χ1n) is 5.34. The predicted molar refractivity (Wildman–Crippen MR) is 67.3 cm³/mol. The fraction of sp³-hybridized carbons (Fsp3) is 0.250. The number of halogens is 5. The van der Waals surface area contributed by atoms with Gasteiger partial charge < -0.3 is 0 Å². The van der Waals surface area contributed by atoms with Crippen LogP contribution in [-0.4, -0.2) is 9.78 Å². The first-order chi connectivity index (χ1) is 8.91. The molecule has 0 aliphatic heterocycles. The Morgan fingerprint density at radius 3 is 2.58 bits per heavy atom. The predicted octanol–water partition coefficient (Wildman–Crippen LogP) is 4.34. The summed E-state index contributed by atoms with van der Waals surface area (Å²) in [4.78, 5) is 0. The minimum atomic E-state index is -4.49. The summed E-state index contributed by atoms with van der Waals surface area (Å²) in [6.45, 7) is -0.00765. The molecule has 102 valence electrons. The van der Waals surface area contributed by atoms with E-state index in [1.807, 2.05) is 0 Å². The van der Waals surface area contributed by atoms with Crippen molar-refractivity contribution in [2.75, 3.05) is 0 Å². The Labute approximate surface area is 117 Å². The maximum atomic E-state index is 13.0. The van der Waals surface area contributed by atoms with Crippen LogP contribution in [0, 0.1) is 0 Å². The minimum absolute atomic E-state index is 0.00765. The zero-order chi connectivity index (χ0) is 14.0. The smallest absolute Gasteiger partial charge is 0.256 e. The summed E-state index contributed by atoms with van der Waals surface area (Å²) in [6.07, 6.45) is -3.35. The Morgan fingerprint density at radius 1 is 1.26 bits per heavy atom. The summed E-state index contributed by atoms with van der Waals surface area (Å²) in [5.41, 5.74) is -0.208. The molecule has 0 saturated carbocycles. The fourth-order valence-electron chi connectivity index (χ4n) is 1.78. The number of hydrogen-bond donors (Lipinski definition) is 0. The highest BCUT2D eigenvalue weighted by Crippen LogP contribution is 2.33. The molecule has 0 aliphatic carbocycles. The SMILES string of the molecule is FC(F)(F)c1c(CCl)cnn1Cc1cccc(Cl)c1. The highest BCUT2D eigenvalue weighted by Gasteiger charge is 2.37. The van der Waals surface area contributed by atoms with Crippen molar-refractivity contribution in [1.29, 1.82) is 0 Å². The van der Waals surface area contributed by atoms with Crippen LogP contribution in [0.25, 0.3) is 0 Å². The summed E-state index contributed by atoms with van der Waals surface area (Å²) in [5, 5.41) is 4.22. The normalized spacial score (nSPS) is 11.8. The molecule has 0 atom stereocenters. The van der Waals surface area contributed by atoms with Crippen LogP contribution in [0.5, 0.6) is 0 Å². The molecule has 0 radical (unpaired) electrons. The van der Waals surface area contributed by atoms with Gasteiger partial charge in [-0.3, -0.25) is 4.68 Å². The molecule has 0 unspecified atom stereocenters.